The van der Waals surface area contributed by atoms with Gasteiger partial charge in [-0.15, -0.1) is 0 Å². The Bertz CT molecular complexity index is 520. The van der Waals surface area contributed by atoms with Crippen LogP contribution < -0.4 is 5.73 Å². The first-order valence-electron chi connectivity index (χ1n) is 5.28. The number of carboxylic acids is 1. The monoisotopic (exact) mass is 231 g/mol. The summed E-state index contributed by atoms with van der Waals surface area (Å²) in [6, 6.07) is 9.85. The van der Waals surface area contributed by atoms with Gasteiger partial charge in [0.05, 0.1) is 5.69 Å². The van der Waals surface area contributed by atoms with Gasteiger partial charge in [0.2, 0.25) is 0 Å². The lowest BCUT2D eigenvalue weighted by molar-refractivity contribution is 0.0697. The van der Waals surface area contributed by atoms with E-state index in [0.29, 0.717) is 12.1 Å². The number of anilines is 1. The number of carboxylic acid groups (broad SMARTS) is 1. The number of hydrogen-bond donors (Lipinski definition) is 3. The minimum atomic E-state index is -1.04. The first-order valence-corrected chi connectivity index (χ1v) is 5.28. The van der Waals surface area contributed by atoms with Gasteiger partial charge in [-0.05, 0) is 18.4 Å². The third kappa shape index (κ3) is 2.44. The SMILES string of the molecule is Nc1n[nH]c(CCc2ccccc2)c1C(=O)O. The van der Waals surface area contributed by atoms with Crippen LogP contribution in [0, 0.1) is 0 Å². The van der Waals surface area contributed by atoms with Crippen molar-refractivity contribution in [1.82, 2.24) is 10.2 Å². The molecule has 0 radical (unpaired) electrons. The van der Waals surface area contributed by atoms with E-state index in [1.807, 2.05) is 30.3 Å². The molecule has 0 spiro atoms. The number of aromatic amines is 1. The molecular formula is C12H13N3O2. The molecule has 17 heavy (non-hydrogen) atoms. The third-order valence-electron chi connectivity index (χ3n) is 2.59. The van der Waals surface area contributed by atoms with Gasteiger partial charge in [-0.3, -0.25) is 5.10 Å². The minimum Gasteiger partial charge on any atom is -0.477 e. The molecule has 88 valence electrons. The van der Waals surface area contributed by atoms with Crippen molar-refractivity contribution in [2.75, 3.05) is 5.73 Å². The number of nitrogens with zero attached hydrogens (tertiary/aromatic N) is 1. The number of benzene rings is 1. The molecule has 0 unspecified atom stereocenters. The average molecular weight is 231 g/mol. The van der Waals surface area contributed by atoms with Gasteiger partial charge in [0.15, 0.2) is 5.82 Å². The van der Waals surface area contributed by atoms with Gasteiger partial charge in [0, 0.05) is 0 Å². The van der Waals surface area contributed by atoms with Crippen molar-refractivity contribution >= 4 is 11.8 Å². The van der Waals surface area contributed by atoms with Crippen molar-refractivity contribution < 1.29 is 9.90 Å². The van der Waals surface area contributed by atoms with Gasteiger partial charge < -0.3 is 10.8 Å². The maximum atomic E-state index is 11.0. The van der Waals surface area contributed by atoms with Crippen LogP contribution in [0.25, 0.3) is 0 Å². The van der Waals surface area contributed by atoms with Gasteiger partial charge in [-0.1, -0.05) is 30.3 Å². The fraction of sp³-hybridized carbons (Fsp3) is 0.167. The highest BCUT2D eigenvalue weighted by Gasteiger charge is 2.17. The van der Waals surface area contributed by atoms with E-state index in [1.54, 1.807) is 0 Å². The average Bonchev–Trinajstić information content (AvgIpc) is 2.69. The van der Waals surface area contributed by atoms with Crippen LogP contribution in [0.4, 0.5) is 5.82 Å². The van der Waals surface area contributed by atoms with E-state index >= 15 is 0 Å². The molecule has 0 saturated heterocycles. The van der Waals surface area contributed by atoms with Crippen LogP contribution in [0.5, 0.6) is 0 Å². The van der Waals surface area contributed by atoms with E-state index in [-0.39, 0.29) is 11.4 Å². The standard InChI is InChI=1S/C12H13N3O2/c13-11-10(12(16)17)9(14-15-11)7-6-8-4-2-1-3-5-8/h1-5H,6-7H2,(H,16,17)(H3,13,14,15). The van der Waals surface area contributed by atoms with Crippen molar-refractivity contribution in [3.63, 3.8) is 0 Å². The number of hydrogen-bond acceptors (Lipinski definition) is 3. The number of aromatic nitrogens is 2. The molecule has 1 aromatic carbocycles. The normalized spacial score (nSPS) is 10.4. The van der Waals surface area contributed by atoms with E-state index in [0.717, 1.165) is 12.0 Å². The summed E-state index contributed by atoms with van der Waals surface area (Å²) in [4.78, 5) is 11.0. The quantitative estimate of drug-likeness (QED) is 0.743. The highest BCUT2D eigenvalue weighted by atomic mass is 16.4. The van der Waals surface area contributed by atoms with Crippen LogP contribution in [0.1, 0.15) is 21.6 Å². The Morgan fingerprint density at radius 1 is 1.29 bits per heavy atom. The predicted octanol–water partition coefficient (Wildman–Crippen LogP) is 1.48. The second kappa shape index (κ2) is 4.69. The summed E-state index contributed by atoms with van der Waals surface area (Å²) in [5, 5.41) is 15.4. The molecule has 0 aliphatic heterocycles. The van der Waals surface area contributed by atoms with E-state index in [1.165, 1.54) is 0 Å². The molecule has 5 heteroatoms. The molecule has 0 fully saturated rings. The number of nitrogen functional groups attached to an aromatic ring is 1. The van der Waals surface area contributed by atoms with Gasteiger partial charge >= 0.3 is 5.97 Å². The fourth-order valence-corrected chi connectivity index (χ4v) is 1.73. The Morgan fingerprint density at radius 3 is 2.65 bits per heavy atom. The summed E-state index contributed by atoms with van der Waals surface area (Å²) >= 11 is 0. The van der Waals surface area contributed by atoms with Crippen LogP contribution in [-0.4, -0.2) is 21.3 Å². The minimum absolute atomic E-state index is 0.0422. The summed E-state index contributed by atoms with van der Waals surface area (Å²) in [7, 11) is 0. The molecule has 0 aliphatic carbocycles. The number of H-pyrrole nitrogens is 1. The van der Waals surface area contributed by atoms with E-state index in [4.69, 9.17) is 10.8 Å². The van der Waals surface area contributed by atoms with Crippen LogP contribution in [0.15, 0.2) is 30.3 Å². The van der Waals surface area contributed by atoms with Crippen LogP contribution in [-0.2, 0) is 12.8 Å². The fourth-order valence-electron chi connectivity index (χ4n) is 1.73. The number of nitrogens with one attached hydrogen (secondary N) is 1. The predicted molar refractivity (Wildman–Crippen MR) is 63.8 cm³/mol. The molecular weight excluding hydrogens is 218 g/mol. The van der Waals surface area contributed by atoms with Crippen molar-refractivity contribution in [2.45, 2.75) is 12.8 Å². The van der Waals surface area contributed by atoms with Crippen LogP contribution >= 0.6 is 0 Å². The molecule has 1 aromatic heterocycles. The summed E-state index contributed by atoms with van der Waals surface area (Å²) in [6.45, 7) is 0. The van der Waals surface area contributed by atoms with E-state index in [9.17, 15) is 4.79 Å². The largest absolute Gasteiger partial charge is 0.477 e. The molecule has 0 bridgehead atoms. The second-order valence-corrected chi connectivity index (χ2v) is 3.75. The Labute approximate surface area is 98.3 Å². The number of aromatic carboxylic acids is 1. The van der Waals surface area contributed by atoms with Gasteiger partial charge in [-0.2, -0.15) is 5.10 Å². The zero-order valence-corrected chi connectivity index (χ0v) is 9.18. The summed E-state index contributed by atoms with van der Waals surface area (Å²) < 4.78 is 0. The third-order valence-corrected chi connectivity index (χ3v) is 2.59. The topological polar surface area (TPSA) is 92.0 Å². The molecule has 0 amide bonds. The first kappa shape index (κ1) is 11.2. The Morgan fingerprint density at radius 2 is 2.00 bits per heavy atom. The van der Waals surface area contributed by atoms with Gasteiger partial charge in [-0.25, -0.2) is 4.79 Å². The molecule has 2 rings (SSSR count). The number of nitrogens with two attached hydrogens (primary N) is 1. The number of carbonyl (C=O) groups is 1. The number of aryl methyl sites for hydroxylation is 2. The second-order valence-electron chi connectivity index (χ2n) is 3.75. The molecule has 0 atom stereocenters. The number of rotatable bonds is 4. The molecule has 4 N–H and O–H groups in total. The Balaban J connectivity index is 2.12. The van der Waals surface area contributed by atoms with Crippen molar-refractivity contribution in [1.29, 1.82) is 0 Å². The maximum absolute atomic E-state index is 11.0. The molecule has 0 aliphatic rings. The molecule has 2 aromatic rings. The Hall–Kier alpha value is -2.30. The molecule has 5 nitrogen and oxygen atoms in total. The van der Waals surface area contributed by atoms with Gasteiger partial charge in [0.25, 0.3) is 0 Å². The summed E-state index contributed by atoms with van der Waals surface area (Å²) in [6.07, 6.45) is 1.33. The zero-order valence-electron chi connectivity index (χ0n) is 9.18. The lowest BCUT2D eigenvalue weighted by Gasteiger charge is -2.00. The van der Waals surface area contributed by atoms with E-state index in [2.05, 4.69) is 10.2 Å². The van der Waals surface area contributed by atoms with Crippen LogP contribution in [0.2, 0.25) is 0 Å². The van der Waals surface area contributed by atoms with E-state index < -0.39 is 5.97 Å². The first-order chi connectivity index (χ1) is 8.18. The zero-order chi connectivity index (χ0) is 12.3. The smallest absolute Gasteiger partial charge is 0.341 e. The molecule has 0 saturated carbocycles. The lowest BCUT2D eigenvalue weighted by atomic mass is 10.1. The maximum Gasteiger partial charge on any atom is 0.341 e. The highest BCUT2D eigenvalue weighted by Crippen LogP contribution is 2.15. The highest BCUT2D eigenvalue weighted by molar-refractivity contribution is 5.93. The summed E-state index contributed by atoms with van der Waals surface area (Å²) in [5.74, 6) is -1.00. The Kier molecular flexibility index (Phi) is 3.09. The van der Waals surface area contributed by atoms with Crippen molar-refractivity contribution in [3.05, 3.63) is 47.2 Å². The van der Waals surface area contributed by atoms with Crippen LogP contribution in [0.3, 0.4) is 0 Å². The van der Waals surface area contributed by atoms with Crippen molar-refractivity contribution in [2.24, 2.45) is 0 Å². The lowest BCUT2D eigenvalue weighted by Crippen LogP contribution is -2.04. The summed E-state index contributed by atoms with van der Waals surface area (Å²) in [5.41, 5.74) is 7.29. The van der Waals surface area contributed by atoms with Gasteiger partial charge in [0.1, 0.15) is 5.56 Å². The van der Waals surface area contributed by atoms with Crippen molar-refractivity contribution in [3.8, 4) is 0 Å². The molecule has 1 heterocycles.